The van der Waals surface area contributed by atoms with E-state index in [-0.39, 0.29) is 0 Å². The van der Waals surface area contributed by atoms with Gasteiger partial charge >= 0.3 is 0 Å². The van der Waals surface area contributed by atoms with Crippen LogP contribution in [0.1, 0.15) is 44.5 Å². The van der Waals surface area contributed by atoms with Gasteiger partial charge in [-0.1, -0.05) is 29.3 Å². The molecule has 1 rings (SSSR count). The van der Waals surface area contributed by atoms with Crippen LogP contribution >= 0.6 is 15.9 Å². The second-order valence-electron chi connectivity index (χ2n) is 4.02. The molecule has 1 atom stereocenters. The third kappa shape index (κ3) is 3.98. The summed E-state index contributed by atoms with van der Waals surface area (Å²) >= 11 is 3.72. The van der Waals surface area contributed by atoms with E-state index in [0.717, 1.165) is 18.7 Å². The van der Waals surface area contributed by atoms with Crippen molar-refractivity contribution in [3.05, 3.63) is 17.5 Å². The van der Waals surface area contributed by atoms with Crippen molar-refractivity contribution in [3.8, 4) is 0 Å². The lowest BCUT2D eigenvalue weighted by Gasteiger charge is -2.08. The van der Waals surface area contributed by atoms with Crippen molar-refractivity contribution in [2.24, 2.45) is 0 Å². The van der Waals surface area contributed by atoms with E-state index < -0.39 is 0 Å². The Morgan fingerprint density at radius 1 is 1.40 bits per heavy atom. The summed E-state index contributed by atoms with van der Waals surface area (Å²) in [7, 11) is 0. The topological polar surface area (TPSA) is 17.8 Å². The molecule has 0 saturated heterocycles. The normalized spacial score (nSPS) is 13.1. The number of hydrogen-bond donors (Lipinski definition) is 0. The smallest absolute Gasteiger partial charge is 0.0596 e. The number of nitrogens with zero attached hydrogens (tertiary/aromatic N) is 2. The van der Waals surface area contributed by atoms with Crippen LogP contribution in [0, 0.1) is 6.92 Å². The van der Waals surface area contributed by atoms with E-state index in [1.54, 1.807) is 0 Å². The number of alkyl halides is 1. The van der Waals surface area contributed by atoms with Crippen LogP contribution in [0.3, 0.4) is 0 Å². The number of hydrogen-bond acceptors (Lipinski definition) is 1. The lowest BCUT2D eigenvalue weighted by molar-refractivity contribution is 0.595. The first-order chi connectivity index (χ1) is 7.17. The summed E-state index contributed by atoms with van der Waals surface area (Å²) in [4.78, 5) is 0.656. The Hall–Kier alpha value is -0.310. The first kappa shape index (κ1) is 12.8. The molecule has 0 amide bonds. The maximum atomic E-state index is 4.45. The van der Waals surface area contributed by atoms with Crippen molar-refractivity contribution in [2.75, 3.05) is 0 Å². The van der Waals surface area contributed by atoms with Crippen LogP contribution in [0.15, 0.2) is 6.07 Å². The van der Waals surface area contributed by atoms with Gasteiger partial charge in [0.15, 0.2) is 0 Å². The van der Waals surface area contributed by atoms with Gasteiger partial charge in [-0.05, 0) is 39.2 Å². The highest BCUT2D eigenvalue weighted by Gasteiger charge is 2.07. The molecule has 0 fully saturated rings. The third-order valence-corrected chi connectivity index (χ3v) is 3.52. The van der Waals surface area contributed by atoms with Gasteiger partial charge in [0, 0.05) is 17.1 Å². The minimum atomic E-state index is 0.656. The zero-order valence-electron chi connectivity index (χ0n) is 9.96. The standard InChI is InChI=1S/C12H21BrN2/c1-4-6-11(13)7-8-12-9-10(3)14-15(12)5-2/h9,11H,4-8H2,1-3H3. The molecule has 0 saturated carbocycles. The van der Waals surface area contributed by atoms with E-state index in [2.05, 4.69) is 52.5 Å². The first-order valence-corrected chi connectivity index (χ1v) is 6.76. The highest BCUT2D eigenvalue weighted by atomic mass is 79.9. The molecule has 3 heteroatoms. The summed E-state index contributed by atoms with van der Waals surface area (Å²) in [6.45, 7) is 7.42. The van der Waals surface area contributed by atoms with Crippen molar-refractivity contribution >= 4 is 15.9 Å². The van der Waals surface area contributed by atoms with E-state index in [4.69, 9.17) is 0 Å². The highest BCUT2D eigenvalue weighted by Crippen LogP contribution is 2.16. The van der Waals surface area contributed by atoms with E-state index >= 15 is 0 Å². The van der Waals surface area contributed by atoms with Crippen LogP contribution in [0.5, 0.6) is 0 Å². The van der Waals surface area contributed by atoms with Gasteiger partial charge in [-0.2, -0.15) is 5.10 Å². The van der Waals surface area contributed by atoms with Crippen LogP contribution < -0.4 is 0 Å². The molecule has 1 aromatic rings. The molecule has 86 valence electrons. The molecule has 1 heterocycles. The quantitative estimate of drug-likeness (QED) is 0.722. The lowest BCUT2D eigenvalue weighted by Crippen LogP contribution is -2.06. The first-order valence-electron chi connectivity index (χ1n) is 5.84. The summed E-state index contributed by atoms with van der Waals surface area (Å²) in [6, 6.07) is 2.20. The molecule has 0 N–H and O–H groups in total. The summed E-state index contributed by atoms with van der Waals surface area (Å²) in [6.07, 6.45) is 4.85. The molecule has 0 aliphatic rings. The van der Waals surface area contributed by atoms with Crippen molar-refractivity contribution in [1.82, 2.24) is 9.78 Å². The van der Waals surface area contributed by atoms with Crippen LogP contribution in [0.2, 0.25) is 0 Å². The fourth-order valence-corrected chi connectivity index (χ4v) is 2.52. The van der Waals surface area contributed by atoms with Gasteiger partial charge in [-0.15, -0.1) is 0 Å². The van der Waals surface area contributed by atoms with Crippen molar-refractivity contribution in [1.29, 1.82) is 0 Å². The largest absolute Gasteiger partial charge is 0.270 e. The van der Waals surface area contributed by atoms with Crippen molar-refractivity contribution in [3.63, 3.8) is 0 Å². The Morgan fingerprint density at radius 3 is 2.73 bits per heavy atom. The van der Waals surface area contributed by atoms with E-state index in [0.29, 0.717) is 4.83 Å². The molecule has 1 aromatic heterocycles. The van der Waals surface area contributed by atoms with Gasteiger partial charge in [0.1, 0.15) is 0 Å². The fraction of sp³-hybridized carbons (Fsp3) is 0.750. The Bertz CT molecular complexity index is 294. The van der Waals surface area contributed by atoms with E-state index in [1.165, 1.54) is 25.0 Å². The minimum absolute atomic E-state index is 0.656. The summed E-state index contributed by atoms with van der Waals surface area (Å²) in [5.74, 6) is 0. The average molecular weight is 273 g/mol. The molecular weight excluding hydrogens is 252 g/mol. The van der Waals surface area contributed by atoms with Crippen molar-refractivity contribution < 1.29 is 0 Å². The van der Waals surface area contributed by atoms with Gasteiger partial charge in [-0.3, -0.25) is 4.68 Å². The molecule has 0 aliphatic heterocycles. The van der Waals surface area contributed by atoms with Crippen LogP contribution in [-0.4, -0.2) is 14.6 Å². The average Bonchev–Trinajstić information content (AvgIpc) is 2.56. The van der Waals surface area contributed by atoms with E-state index in [1.807, 2.05) is 0 Å². The lowest BCUT2D eigenvalue weighted by atomic mass is 10.1. The maximum Gasteiger partial charge on any atom is 0.0596 e. The highest BCUT2D eigenvalue weighted by molar-refractivity contribution is 9.09. The molecule has 2 nitrogen and oxygen atoms in total. The number of halogens is 1. The van der Waals surface area contributed by atoms with Gasteiger partial charge in [0.2, 0.25) is 0 Å². The molecule has 0 aromatic carbocycles. The van der Waals surface area contributed by atoms with Gasteiger partial charge in [0.05, 0.1) is 5.69 Å². The Kier molecular flexibility index (Phi) is 5.37. The predicted octanol–water partition coefficient (Wildman–Crippen LogP) is 3.71. The second kappa shape index (κ2) is 6.31. The molecule has 1 unspecified atom stereocenters. The van der Waals surface area contributed by atoms with Crippen LogP contribution in [0.4, 0.5) is 0 Å². The zero-order valence-corrected chi connectivity index (χ0v) is 11.5. The summed E-state index contributed by atoms with van der Waals surface area (Å²) in [5, 5.41) is 4.45. The third-order valence-electron chi connectivity index (χ3n) is 2.60. The van der Waals surface area contributed by atoms with E-state index in [9.17, 15) is 0 Å². The van der Waals surface area contributed by atoms with Crippen molar-refractivity contribution in [2.45, 2.75) is 57.8 Å². The monoisotopic (exact) mass is 272 g/mol. The predicted molar refractivity (Wildman–Crippen MR) is 68.6 cm³/mol. The van der Waals surface area contributed by atoms with Gasteiger partial charge in [-0.25, -0.2) is 0 Å². The Morgan fingerprint density at radius 2 is 2.13 bits per heavy atom. The summed E-state index contributed by atoms with van der Waals surface area (Å²) < 4.78 is 2.11. The number of rotatable bonds is 6. The molecular formula is C12H21BrN2. The number of aryl methyl sites for hydroxylation is 3. The zero-order chi connectivity index (χ0) is 11.3. The molecule has 0 spiro atoms. The van der Waals surface area contributed by atoms with Gasteiger partial charge in [0.25, 0.3) is 0 Å². The molecule has 15 heavy (non-hydrogen) atoms. The van der Waals surface area contributed by atoms with Crippen LogP contribution in [-0.2, 0) is 13.0 Å². The fourth-order valence-electron chi connectivity index (χ4n) is 1.84. The molecule has 0 bridgehead atoms. The Balaban J connectivity index is 2.49. The van der Waals surface area contributed by atoms with Crippen LogP contribution in [0.25, 0.3) is 0 Å². The van der Waals surface area contributed by atoms with Gasteiger partial charge < -0.3 is 0 Å². The minimum Gasteiger partial charge on any atom is -0.270 e. The number of aromatic nitrogens is 2. The maximum absolute atomic E-state index is 4.45. The molecule has 0 radical (unpaired) electrons. The molecule has 0 aliphatic carbocycles. The summed E-state index contributed by atoms with van der Waals surface area (Å²) in [5.41, 5.74) is 2.50. The SMILES string of the molecule is CCCC(Br)CCc1cc(C)nn1CC. The Labute approximate surface area is 101 Å². The second-order valence-corrected chi connectivity index (χ2v) is 5.31.